The number of ether oxygens (including phenoxy) is 4. The predicted molar refractivity (Wildman–Crippen MR) is 424 cm³/mol. The minimum atomic E-state index is -1.79. The number of carbonyl (C=O) groups is 1. The number of carbonyl (C=O) groups excluding carboxylic acids is 1. The zero-order valence-corrected chi connectivity index (χ0v) is 66.1. The lowest BCUT2D eigenvalue weighted by molar-refractivity contribution is -0.359. The molecule has 2 fully saturated rings. The Hall–Kier alpha value is -2.05. The SMILES string of the molecule is CCCCCCC/C=C\C/C=C\CCCCCCCCCCCCCCCCCCCCCCCCCCCC(=O)NC(COC1OC(CO)C(OC2OC(CO)C(O)C(O)C2O)C(O)C1O)C(O)/C=C/CC/C=C/CCCCCCCCCCCCCCCCCCCCCCCCCCC. The first kappa shape index (κ1) is 96.0. The molecule has 14 nitrogen and oxygen atoms in total. The molecule has 2 aliphatic heterocycles. The molecule has 14 heteroatoms. The Morgan fingerprint density at radius 3 is 1.02 bits per heavy atom. The van der Waals surface area contributed by atoms with Gasteiger partial charge in [-0.05, 0) is 64.2 Å². The third kappa shape index (κ3) is 53.7. The molecule has 2 heterocycles. The maximum Gasteiger partial charge on any atom is 0.220 e. The summed E-state index contributed by atoms with van der Waals surface area (Å²) in [7, 11) is 0. The summed E-state index contributed by atoms with van der Waals surface area (Å²) in [6.45, 7) is 2.84. The Morgan fingerprint density at radius 2 is 0.657 bits per heavy atom. The largest absolute Gasteiger partial charge is 0.394 e. The van der Waals surface area contributed by atoms with E-state index in [0.717, 1.165) is 38.5 Å². The number of aliphatic hydroxyl groups is 8. The van der Waals surface area contributed by atoms with Crippen LogP contribution in [0.5, 0.6) is 0 Å². The molecule has 9 N–H and O–H groups in total. The molecule has 12 atom stereocenters. The Balaban J connectivity index is 1.58. The van der Waals surface area contributed by atoms with E-state index in [9.17, 15) is 45.6 Å². The number of rotatable bonds is 75. The van der Waals surface area contributed by atoms with E-state index in [1.807, 2.05) is 6.08 Å². The van der Waals surface area contributed by atoms with Crippen molar-refractivity contribution >= 4 is 5.91 Å². The second-order valence-corrected chi connectivity index (χ2v) is 31.0. The van der Waals surface area contributed by atoms with Gasteiger partial charge in [0.2, 0.25) is 5.91 Å². The van der Waals surface area contributed by atoms with E-state index in [2.05, 4.69) is 55.6 Å². The van der Waals surface area contributed by atoms with Crippen molar-refractivity contribution in [1.29, 1.82) is 0 Å². The molecule has 0 saturated carbocycles. The first-order valence-electron chi connectivity index (χ1n) is 43.9. The number of amides is 1. The van der Waals surface area contributed by atoms with Gasteiger partial charge in [0.25, 0.3) is 0 Å². The van der Waals surface area contributed by atoms with Crippen molar-refractivity contribution in [2.24, 2.45) is 0 Å². The van der Waals surface area contributed by atoms with Gasteiger partial charge in [-0.2, -0.15) is 0 Å². The summed E-state index contributed by atoms with van der Waals surface area (Å²) >= 11 is 0. The summed E-state index contributed by atoms with van der Waals surface area (Å²) in [6, 6.07) is -0.933. The van der Waals surface area contributed by atoms with Crippen LogP contribution >= 0.6 is 0 Å². The maximum absolute atomic E-state index is 13.4. The number of nitrogens with one attached hydrogen (secondary N) is 1. The van der Waals surface area contributed by atoms with Crippen molar-refractivity contribution in [3.8, 4) is 0 Å². The number of unbranched alkanes of at least 4 members (excludes halogenated alkanes) is 56. The molecule has 600 valence electrons. The molecule has 0 aromatic rings. The quantitative estimate of drug-likeness (QED) is 0.0204. The highest BCUT2D eigenvalue weighted by Crippen LogP contribution is 2.31. The normalized spacial score (nSPS) is 21.8. The minimum absolute atomic E-state index is 0.240. The molecule has 1 amide bonds. The van der Waals surface area contributed by atoms with Gasteiger partial charge < -0.3 is 65.1 Å². The average molecular weight is 1450 g/mol. The van der Waals surface area contributed by atoms with Gasteiger partial charge in [0, 0.05) is 6.42 Å². The molecule has 2 rings (SSSR count). The highest BCUT2D eigenvalue weighted by atomic mass is 16.7. The van der Waals surface area contributed by atoms with Crippen LogP contribution in [0.25, 0.3) is 0 Å². The first-order chi connectivity index (χ1) is 50.1. The molecule has 12 unspecified atom stereocenters. The predicted octanol–water partition coefficient (Wildman–Crippen LogP) is 20.9. The van der Waals surface area contributed by atoms with E-state index in [0.29, 0.717) is 12.8 Å². The van der Waals surface area contributed by atoms with Gasteiger partial charge in [-0.25, -0.2) is 0 Å². The first-order valence-corrected chi connectivity index (χ1v) is 43.9. The lowest BCUT2D eigenvalue weighted by Gasteiger charge is -2.46. The summed E-state index contributed by atoms with van der Waals surface area (Å²) < 4.78 is 22.9. The van der Waals surface area contributed by atoms with Crippen LogP contribution in [0.3, 0.4) is 0 Å². The van der Waals surface area contributed by atoms with Crippen LogP contribution in [0.4, 0.5) is 0 Å². The second-order valence-electron chi connectivity index (χ2n) is 31.0. The summed E-state index contributed by atoms with van der Waals surface area (Å²) in [6.07, 6.45) is 80.9. The Morgan fingerprint density at radius 1 is 0.353 bits per heavy atom. The van der Waals surface area contributed by atoms with Crippen LogP contribution in [-0.2, 0) is 23.7 Å². The molecule has 0 spiro atoms. The molecule has 0 radical (unpaired) electrons. The molecule has 0 aromatic carbocycles. The minimum Gasteiger partial charge on any atom is -0.394 e. The summed E-state index contributed by atoms with van der Waals surface area (Å²) in [5.41, 5.74) is 0. The van der Waals surface area contributed by atoms with Crippen LogP contribution in [0.15, 0.2) is 48.6 Å². The molecule has 2 aliphatic rings. The summed E-state index contributed by atoms with van der Waals surface area (Å²) in [5.74, 6) is -0.240. The molecule has 102 heavy (non-hydrogen) atoms. The summed E-state index contributed by atoms with van der Waals surface area (Å²) in [4.78, 5) is 13.4. The monoisotopic (exact) mass is 1440 g/mol. The molecule has 0 aromatic heterocycles. The lowest BCUT2D eigenvalue weighted by atomic mass is 9.97. The molecular formula is C88H165NO13. The van der Waals surface area contributed by atoms with E-state index in [1.165, 1.54) is 340 Å². The Bertz CT molecular complexity index is 1900. The maximum atomic E-state index is 13.4. The lowest BCUT2D eigenvalue weighted by Crippen LogP contribution is -2.65. The van der Waals surface area contributed by atoms with Gasteiger partial charge in [-0.15, -0.1) is 0 Å². The Labute approximate surface area is 626 Å². The second kappa shape index (κ2) is 71.8. The van der Waals surface area contributed by atoms with Crippen LogP contribution in [-0.4, -0.2) is 140 Å². The van der Waals surface area contributed by atoms with Crippen molar-refractivity contribution in [2.45, 2.75) is 485 Å². The molecule has 2 saturated heterocycles. The zero-order valence-electron chi connectivity index (χ0n) is 66.1. The highest BCUT2D eigenvalue weighted by molar-refractivity contribution is 5.76. The number of hydrogen-bond donors (Lipinski definition) is 9. The third-order valence-corrected chi connectivity index (χ3v) is 21.5. The van der Waals surface area contributed by atoms with Crippen LogP contribution < -0.4 is 5.32 Å². The van der Waals surface area contributed by atoms with Gasteiger partial charge in [0.15, 0.2) is 12.6 Å². The number of allylic oxidation sites excluding steroid dienone is 7. The van der Waals surface area contributed by atoms with E-state index >= 15 is 0 Å². The Kier molecular flexibility index (Phi) is 67.6. The van der Waals surface area contributed by atoms with Crippen LogP contribution in [0.1, 0.15) is 412 Å². The fourth-order valence-electron chi connectivity index (χ4n) is 14.6. The van der Waals surface area contributed by atoms with Gasteiger partial charge in [0.1, 0.15) is 48.8 Å². The van der Waals surface area contributed by atoms with Crippen molar-refractivity contribution in [3.63, 3.8) is 0 Å². The van der Waals surface area contributed by atoms with Gasteiger partial charge >= 0.3 is 0 Å². The van der Waals surface area contributed by atoms with Crippen molar-refractivity contribution in [1.82, 2.24) is 5.32 Å². The van der Waals surface area contributed by atoms with Crippen molar-refractivity contribution in [3.05, 3.63) is 48.6 Å². The van der Waals surface area contributed by atoms with Gasteiger partial charge in [-0.3, -0.25) is 4.79 Å². The van der Waals surface area contributed by atoms with E-state index in [1.54, 1.807) is 6.08 Å². The smallest absolute Gasteiger partial charge is 0.220 e. The fraction of sp³-hybridized carbons (Fsp3) is 0.898. The van der Waals surface area contributed by atoms with Crippen LogP contribution in [0, 0.1) is 0 Å². The van der Waals surface area contributed by atoms with E-state index in [4.69, 9.17) is 18.9 Å². The zero-order chi connectivity index (χ0) is 73.7. The molecule has 0 aliphatic carbocycles. The van der Waals surface area contributed by atoms with Gasteiger partial charge in [0.05, 0.1) is 32.0 Å². The van der Waals surface area contributed by atoms with E-state index in [-0.39, 0.29) is 18.9 Å². The van der Waals surface area contributed by atoms with E-state index < -0.39 is 86.8 Å². The third-order valence-electron chi connectivity index (χ3n) is 21.5. The summed E-state index contributed by atoms with van der Waals surface area (Å²) in [5, 5.41) is 87.8. The van der Waals surface area contributed by atoms with Gasteiger partial charge in [-0.1, -0.05) is 390 Å². The van der Waals surface area contributed by atoms with Crippen molar-refractivity contribution < 1.29 is 64.6 Å². The highest BCUT2D eigenvalue weighted by Gasteiger charge is 2.51. The number of hydrogen-bond acceptors (Lipinski definition) is 13. The molecule has 0 bridgehead atoms. The number of aliphatic hydroxyl groups excluding tert-OH is 8. The van der Waals surface area contributed by atoms with Crippen molar-refractivity contribution in [2.75, 3.05) is 19.8 Å². The van der Waals surface area contributed by atoms with Crippen LogP contribution in [0.2, 0.25) is 0 Å². The standard InChI is InChI=1S/C88H165NO13/c1-3-5-7-9-11-13-15-17-19-21-23-25-27-29-31-33-35-36-37-38-39-40-42-44-46-48-50-52-54-56-58-60-62-64-66-68-70-72-80(93)89-76(75-99-87-85(98)83(96)86(79(74-91)101-87)102-88-84(97)82(95)81(94)78(73-90)100-88)77(92)71-69-67-65-63-61-59-57-55-53-51-49-47-45-43-41-34-32-30-28-26-24-22-20-18-16-14-12-10-8-6-4-2/h15,17,21,23,61,63,69,71,76-79,81-88,90-92,94-98H,3-14,16,18-20,22,24-60,62,64-68,70,72-75H2,1-2H3,(H,89,93)/b17-15-,23-21-,63-61+,71-69+. The average Bonchev–Trinajstić information content (AvgIpc) is 0.790. The topological polar surface area (TPSA) is 228 Å². The molecular weight excluding hydrogens is 1280 g/mol. The fourth-order valence-corrected chi connectivity index (χ4v) is 14.6.